The normalized spacial score (nSPS) is 22.0. The number of amidine groups is 1. The highest BCUT2D eigenvalue weighted by Gasteiger charge is 2.31. The highest BCUT2D eigenvalue weighted by molar-refractivity contribution is 6.27. The lowest BCUT2D eigenvalue weighted by Crippen LogP contribution is -2.37. The number of hydrogen-bond donors (Lipinski definition) is 2. The summed E-state index contributed by atoms with van der Waals surface area (Å²) in [6.45, 7) is 7.69. The molecule has 36 heavy (non-hydrogen) atoms. The fourth-order valence-electron chi connectivity index (χ4n) is 4.45. The molecule has 2 aliphatic rings. The van der Waals surface area contributed by atoms with E-state index < -0.39 is 18.1 Å². The van der Waals surface area contributed by atoms with E-state index in [2.05, 4.69) is 34.9 Å². The first-order chi connectivity index (χ1) is 17.1. The summed E-state index contributed by atoms with van der Waals surface area (Å²) in [5.41, 5.74) is 9.38. The number of nitriles is 1. The monoisotopic (exact) mass is 491 g/mol. The van der Waals surface area contributed by atoms with Gasteiger partial charge in [-0.3, -0.25) is 4.99 Å². The number of aliphatic imine (C=N–C) groups is 2. The fourth-order valence-corrected chi connectivity index (χ4v) is 4.45. The van der Waals surface area contributed by atoms with Crippen molar-refractivity contribution in [1.82, 2.24) is 14.9 Å². The van der Waals surface area contributed by atoms with Gasteiger partial charge in [-0.1, -0.05) is 13.8 Å². The second-order valence-electron chi connectivity index (χ2n) is 9.43. The number of benzene rings is 1. The molecule has 3 unspecified atom stereocenters. The molecule has 1 aromatic heterocycles. The highest BCUT2D eigenvalue weighted by atomic mass is 19.1. The van der Waals surface area contributed by atoms with E-state index in [1.807, 2.05) is 11.9 Å². The molecule has 0 fully saturated rings. The second-order valence-corrected chi connectivity index (χ2v) is 9.43. The van der Waals surface area contributed by atoms with Gasteiger partial charge in [-0.2, -0.15) is 5.26 Å². The Balaban J connectivity index is 2.01. The van der Waals surface area contributed by atoms with Crippen LogP contribution in [0, 0.1) is 23.1 Å². The van der Waals surface area contributed by atoms with Crippen LogP contribution in [-0.2, 0) is 0 Å². The summed E-state index contributed by atoms with van der Waals surface area (Å²) in [6.07, 6.45) is 0.296. The number of ether oxygens (including phenoxy) is 1. The van der Waals surface area contributed by atoms with E-state index in [4.69, 9.17) is 15.5 Å². The van der Waals surface area contributed by atoms with Crippen molar-refractivity contribution in [1.29, 1.82) is 5.26 Å². The van der Waals surface area contributed by atoms with Crippen LogP contribution >= 0.6 is 0 Å². The quantitative estimate of drug-likeness (QED) is 0.657. The summed E-state index contributed by atoms with van der Waals surface area (Å²) in [5, 5.41) is 20.3. The second kappa shape index (κ2) is 10.0. The van der Waals surface area contributed by atoms with Crippen LogP contribution in [0.2, 0.25) is 0 Å². The maximum atomic E-state index is 14.4. The molecule has 10 heteroatoms. The van der Waals surface area contributed by atoms with Gasteiger partial charge < -0.3 is 20.5 Å². The lowest BCUT2D eigenvalue weighted by Gasteiger charge is -2.31. The third kappa shape index (κ3) is 4.93. The predicted octanol–water partition coefficient (Wildman–Crippen LogP) is 3.51. The van der Waals surface area contributed by atoms with Crippen molar-refractivity contribution in [3.63, 3.8) is 0 Å². The maximum Gasteiger partial charge on any atom is 0.258 e. The van der Waals surface area contributed by atoms with E-state index in [-0.39, 0.29) is 30.2 Å². The smallest absolute Gasteiger partial charge is 0.258 e. The number of fused-ring (bicyclic) bond motifs is 5. The van der Waals surface area contributed by atoms with Gasteiger partial charge in [0.05, 0.1) is 36.3 Å². The number of dihydropyridines is 1. The number of hydrogen-bond acceptors (Lipinski definition) is 8. The Morgan fingerprint density at radius 3 is 2.75 bits per heavy atom. The Morgan fingerprint density at radius 2 is 2.08 bits per heavy atom. The van der Waals surface area contributed by atoms with Crippen molar-refractivity contribution in [2.45, 2.75) is 52.5 Å². The Kier molecular flexibility index (Phi) is 7.04. The van der Waals surface area contributed by atoms with Crippen molar-refractivity contribution < 1.29 is 14.2 Å². The summed E-state index contributed by atoms with van der Waals surface area (Å²) in [7, 11) is 1.82. The first-order valence-corrected chi connectivity index (χ1v) is 11.9. The number of aliphatic hydroxyl groups excluding tert-OH is 1. The highest BCUT2D eigenvalue weighted by Crippen LogP contribution is 2.34. The Labute approximate surface area is 209 Å². The van der Waals surface area contributed by atoms with Gasteiger partial charge in [-0.15, -0.1) is 0 Å². The van der Waals surface area contributed by atoms with Crippen molar-refractivity contribution in [3.05, 3.63) is 52.6 Å². The van der Waals surface area contributed by atoms with E-state index in [0.717, 1.165) is 0 Å². The average Bonchev–Trinajstić information content (AvgIpc) is 2.82. The SMILES string of the molecule is CC(O)N=C1c2ccc(F)cc2C(C)Oc2nc(cnc2N)C2=C(C#N)CC(C(C)C)N=C2CN1C. The Bertz CT molecular complexity index is 1310. The largest absolute Gasteiger partial charge is 0.467 e. The number of nitrogens with two attached hydrogens (primary N) is 1. The van der Waals surface area contributed by atoms with E-state index in [1.54, 1.807) is 19.9 Å². The molecular formula is C26H30FN7O2. The van der Waals surface area contributed by atoms with E-state index in [0.29, 0.717) is 45.9 Å². The zero-order chi connectivity index (χ0) is 26.1. The third-order valence-electron chi connectivity index (χ3n) is 6.29. The van der Waals surface area contributed by atoms with Crippen molar-refractivity contribution >= 4 is 22.9 Å². The van der Waals surface area contributed by atoms with Crippen LogP contribution in [0.1, 0.15) is 57.0 Å². The molecule has 3 heterocycles. The van der Waals surface area contributed by atoms with Crippen LogP contribution in [0.3, 0.4) is 0 Å². The molecular weight excluding hydrogens is 461 g/mol. The number of anilines is 1. The van der Waals surface area contributed by atoms with Gasteiger partial charge in [-0.25, -0.2) is 19.4 Å². The molecule has 1 aromatic carbocycles. The van der Waals surface area contributed by atoms with Crippen LogP contribution < -0.4 is 10.5 Å². The third-order valence-corrected chi connectivity index (χ3v) is 6.29. The molecule has 0 spiro atoms. The van der Waals surface area contributed by atoms with Gasteiger partial charge in [0.25, 0.3) is 5.88 Å². The molecule has 2 aliphatic heterocycles. The van der Waals surface area contributed by atoms with Crippen LogP contribution in [0.25, 0.3) is 5.57 Å². The number of nitrogens with zero attached hydrogens (tertiary/aromatic N) is 6. The first kappa shape index (κ1) is 25.3. The topological polar surface area (TPSA) is 133 Å². The van der Waals surface area contributed by atoms with Crippen LogP contribution in [0.5, 0.6) is 5.88 Å². The molecule has 3 atom stereocenters. The molecule has 188 valence electrons. The van der Waals surface area contributed by atoms with Crippen molar-refractivity contribution in [2.75, 3.05) is 19.3 Å². The summed E-state index contributed by atoms with van der Waals surface area (Å²) >= 11 is 0. The van der Waals surface area contributed by atoms with E-state index >= 15 is 0 Å². The minimum atomic E-state index is -1.01. The summed E-state index contributed by atoms with van der Waals surface area (Å²) in [5.74, 6) is 0.354. The number of rotatable bonds is 2. The van der Waals surface area contributed by atoms with Gasteiger partial charge in [-0.05, 0) is 38.0 Å². The van der Waals surface area contributed by atoms with Crippen LogP contribution in [0.15, 0.2) is 40.0 Å². The minimum Gasteiger partial charge on any atom is -0.467 e. The first-order valence-electron chi connectivity index (χ1n) is 11.9. The number of halogens is 1. The Hall–Kier alpha value is -3.84. The molecule has 0 radical (unpaired) electrons. The van der Waals surface area contributed by atoms with Gasteiger partial charge in [0.1, 0.15) is 24.0 Å². The van der Waals surface area contributed by atoms with Crippen molar-refractivity contribution in [3.8, 4) is 11.9 Å². The molecule has 0 saturated heterocycles. The van der Waals surface area contributed by atoms with E-state index in [9.17, 15) is 14.8 Å². The summed E-state index contributed by atoms with van der Waals surface area (Å²) in [6, 6.07) is 6.57. The summed E-state index contributed by atoms with van der Waals surface area (Å²) < 4.78 is 20.5. The van der Waals surface area contributed by atoms with Gasteiger partial charge >= 0.3 is 0 Å². The average molecular weight is 492 g/mol. The minimum absolute atomic E-state index is 0.0732. The van der Waals surface area contributed by atoms with Gasteiger partial charge in [0, 0.05) is 35.7 Å². The molecule has 2 bridgehead atoms. The molecule has 3 N–H and O–H groups in total. The zero-order valence-corrected chi connectivity index (χ0v) is 21.0. The van der Waals surface area contributed by atoms with Gasteiger partial charge in [0.15, 0.2) is 5.82 Å². The molecule has 0 aliphatic carbocycles. The lowest BCUT2D eigenvalue weighted by molar-refractivity contribution is 0.203. The van der Waals surface area contributed by atoms with Gasteiger partial charge in [0.2, 0.25) is 0 Å². The number of aliphatic hydroxyl groups is 1. The molecule has 0 saturated carbocycles. The molecule has 9 nitrogen and oxygen atoms in total. The molecule has 4 rings (SSSR count). The molecule has 0 amide bonds. The number of aromatic nitrogens is 2. The van der Waals surface area contributed by atoms with E-state index in [1.165, 1.54) is 18.3 Å². The Morgan fingerprint density at radius 1 is 1.33 bits per heavy atom. The number of nitrogen functional groups attached to an aromatic ring is 1. The standard InChI is InChI=1S/C26H30FN7O2/c1-13(2)20-8-16(10-28)23-21-11-30-24(29)26(33-21)36-14(3)19-9-17(27)6-7-18(19)25(31-15(4)35)34(5)12-22(23)32-20/h6-7,9,11,13-15,20,35H,8,12H2,1-5H3,(H2,29,30). The zero-order valence-electron chi connectivity index (χ0n) is 21.0. The summed E-state index contributed by atoms with van der Waals surface area (Å²) in [4.78, 5) is 20.2. The van der Waals surface area contributed by atoms with Crippen LogP contribution in [0.4, 0.5) is 10.2 Å². The van der Waals surface area contributed by atoms with Crippen LogP contribution in [-0.4, -0.2) is 57.4 Å². The maximum absolute atomic E-state index is 14.4. The predicted molar refractivity (Wildman–Crippen MR) is 136 cm³/mol. The lowest BCUT2D eigenvalue weighted by atomic mass is 9.87. The molecule has 2 aromatic rings. The van der Waals surface area contributed by atoms with Crippen molar-refractivity contribution in [2.24, 2.45) is 15.9 Å². The fraction of sp³-hybridized carbons (Fsp3) is 0.423.